The van der Waals surface area contributed by atoms with E-state index in [-0.39, 0.29) is 17.9 Å². The molecule has 178 valence electrons. The number of hydrogen-bond acceptors (Lipinski definition) is 8. The summed E-state index contributed by atoms with van der Waals surface area (Å²) in [6.07, 6.45) is 9.31. The number of nitriles is 1. The number of anilines is 1. The Kier molecular flexibility index (Phi) is 6.85. The van der Waals surface area contributed by atoms with E-state index in [1.165, 1.54) is 6.07 Å². The zero-order valence-corrected chi connectivity index (χ0v) is 19.9. The van der Waals surface area contributed by atoms with Crippen LogP contribution >= 0.6 is 11.8 Å². The van der Waals surface area contributed by atoms with E-state index >= 15 is 0 Å². The van der Waals surface area contributed by atoms with Gasteiger partial charge in [-0.3, -0.25) is 5.32 Å². The van der Waals surface area contributed by atoms with Crippen LogP contribution in [0.5, 0.6) is 0 Å². The fraction of sp³-hybridized carbons (Fsp3) is 0.458. The molecule has 8 nitrogen and oxygen atoms in total. The van der Waals surface area contributed by atoms with Gasteiger partial charge in [-0.2, -0.15) is 5.26 Å². The number of rotatable bonds is 7. The first-order chi connectivity index (χ1) is 16.7. The van der Waals surface area contributed by atoms with E-state index in [9.17, 15) is 9.65 Å². The molecule has 3 aromatic rings. The topological polar surface area (TPSA) is 90.5 Å². The minimum absolute atomic E-state index is 0.0561. The van der Waals surface area contributed by atoms with Crippen LogP contribution in [0.15, 0.2) is 41.4 Å². The van der Waals surface area contributed by atoms with Gasteiger partial charge < -0.3 is 15.0 Å². The number of hydrogen-bond donors (Lipinski definition) is 2. The highest BCUT2D eigenvalue weighted by atomic mass is 32.2. The third-order valence-corrected chi connectivity index (χ3v) is 7.35. The van der Waals surface area contributed by atoms with Crippen LogP contribution in [0.25, 0.3) is 5.65 Å². The summed E-state index contributed by atoms with van der Waals surface area (Å²) in [5, 5.41) is 20.6. The summed E-state index contributed by atoms with van der Waals surface area (Å²) in [5.41, 5.74) is 2.47. The van der Waals surface area contributed by atoms with E-state index in [0.29, 0.717) is 12.3 Å². The van der Waals surface area contributed by atoms with Crippen molar-refractivity contribution in [1.82, 2.24) is 25.2 Å². The van der Waals surface area contributed by atoms with Crippen molar-refractivity contribution in [2.45, 2.75) is 48.8 Å². The molecule has 5 rings (SSSR count). The molecule has 2 aliphatic rings. The van der Waals surface area contributed by atoms with Gasteiger partial charge in [-0.15, -0.1) is 16.9 Å². The van der Waals surface area contributed by atoms with Crippen molar-refractivity contribution in [2.75, 3.05) is 30.9 Å². The molecule has 2 N–H and O–H groups in total. The molecular formula is C24H28FN7OS. The van der Waals surface area contributed by atoms with Gasteiger partial charge in [-0.1, -0.05) is 0 Å². The molecule has 0 radical (unpaired) electrons. The Morgan fingerprint density at radius 1 is 1.26 bits per heavy atom. The minimum atomic E-state index is -0.435. The fourth-order valence-electron chi connectivity index (χ4n) is 4.93. The van der Waals surface area contributed by atoms with Crippen molar-refractivity contribution in [3.8, 4) is 6.19 Å². The second kappa shape index (κ2) is 10.2. The van der Waals surface area contributed by atoms with E-state index in [1.807, 2.05) is 24.5 Å². The lowest BCUT2D eigenvalue weighted by Crippen LogP contribution is -2.43. The molecule has 0 aliphatic carbocycles. The Balaban J connectivity index is 1.47. The number of halogens is 1. The molecule has 4 heterocycles. The van der Waals surface area contributed by atoms with Gasteiger partial charge >= 0.3 is 0 Å². The summed E-state index contributed by atoms with van der Waals surface area (Å²) in [6.45, 7) is 2.23. The predicted octanol–water partition coefficient (Wildman–Crippen LogP) is 3.77. The van der Waals surface area contributed by atoms with Gasteiger partial charge in [-0.25, -0.2) is 13.9 Å². The SMILES string of the molecule is CSc1ccc(F)cc1[C@H]1CCCN1c1ccc2ncc(C(NC#N)N[C@@H]3CCCOC3)n2n1. The molecule has 0 bridgehead atoms. The monoisotopic (exact) mass is 481 g/mol. The lowest BCUT2D eigenvalue weighted by Gasteiger charge is -2.28. The smallest absolute Gasteiger partial charge is 0.178 e. The van der Waals surface area contributed by atoms with E-state index in [1.54, 1.807) is 28.5 Å². The first-order valence-electron chi connectivity index (χ1n) is 11.6. The molecule has 10 heteroatoms. The van der Waals surface area contributed by atoms with Gasteiger partial charge in [0.15, 0.2) is 11.8 Å². The number of nitrogens with one attached hydrogen (secondary N) is 2. The number of benzene rings is 1. The Hall–Kier alpha value is -2.87. The standard InChI is InChI=1S/C24H28FN7OS/c1-34-21-7-6-16(25)12-18(21)19-5-2-10-31(19)23-9-8-22-27-13-20(32(22)30-23)24(28-15-26)29-17-4-3-11-33-14-17/h6-9,12-13,17,19,24,28-29H,2-5,10-11,14H2,1H3/t17-,19-,24?/m1/s1. The van der Waals surface area contributed by atoms with Crippen LogP contribution < -0.4 is 15.5 Å². The largest absolute Gasteiger partial charge is 0.380 e. The van der Waals surface area contributed by atoms with Crippen LogP contribution in [0.4, 0.5) is 10.2 Å². The molecule has 0 spiro atoms. The van der Waals surface area contributed by atoms with Gasteiger partial charge in [-0.05, 0) is 67.8 Å². The molecule has 2 fully saturated rings. The Morgan fingerprint density at radius 3 is 2.97 bits per heavy atom. The van der Waals surface area contributed by atoms with Crippen LogP contribution in [0.2, 0.25) is 0 Å². The van der Waals surface area contributed by atoms with Gasteiger partial charge in [0.05, 0.1) is 18.8 Å². The lowest BCUT2D eigenvalue weighted by atomic mass is 10.0. The molecule has 1 aromatic carbocycles. The Labute approximate surface area is 202 Å². The number of aromatic nitrogens is 3. The quantitative estimate of drug-likeness (QED) is 0.228. The van der Waals surface area contributed by atoms with Gasteiger partial charge in [0.25, 0.3) is 0 Å². The summed E-state index contributed by atoms with van der Waals surface area (Å²) in [4.78, 5) is 7.83. The molecule has 2 saturated heterocycles. The highest BCUT2D eigenvalue weighted by molar-refractivity contribution is 7.98. The van der Waals surface area contributed by atoms with Crippen molar-refractivity contribution >= 4 is 23.2 Å². The highest BCUT2D eigenvalue weighted by Gasteiger charge is 2.30. The van der Waals surface area contributed by atoms with E-state index in [4.69, 9.17) is 9.84 Å². The Morgan fingerprint density at radius 2 is 2.18 bits per heavy atom. The van der Waals surface area contributed by atoms with Crippen LogP contribution in [-0.4, -0.2) is 46.7 Å². The van der Waals surface area contributed by atoms with E-state index in [0.717, 1.165) is 60.8 Å². The van der Waals surface area contributed by atoms with Gasteiger partial charge in [0, 0.05) is 24.1 Å². The molecule has 2 aromatic heterocycles. The van der Waals surface area contributed by atoms with Crippen LogP contribution in [-0.2, 0) is 4.74 Å². The normalized spacial score (nSPS) is 21.5. The third-order valence-electron chi connectivity index (χ3n) is 6.54. The Bertz CT molecular complexity index is 1190. The maximum absolute atomic E-state index is 14.1. The van der Waals surface area contributed by atoms with Crippen molar-refractivity contribution < 1.29 is 9.13 Å². The maximum Gasteiger partial charge on any atom is 0.178 e. The first-order valence-corrected chi connectivity index (χ1v) is 12.8. The molecule has 0 amide bonds. The van der Waals surface area contributed by atoms with Crippen molar-refractivity contribution in [2.24, 2.45) is 0 Å². The summed E-state index contributed by atoms with van der Waals surface area (Å²) in [7, 11) is 0. The summed E-state index contributed by atoms with van der Waals surface area (Å²) < 4.78 is 21.5. The molecular weight excluding hydrogens is 453 g/mol. The fourth-order valence-corrected chi connectivity index (χ4v) is 5.57. The first kappa shape index (κ1) is 22.9. The number of imidazole rings is 1. The zero-order valence-electron chi connectivity index (χ0n) is 19.1. The summed E-state index contributed by atoms with van der Waals surface area (Å²) >= 11 is 1.63. The molecule has 2 aliphatic heterocycles. The molecule has 0 saturated carbocycles. The second-order valence-corrected chi connectivity index (χ2v) is 9.50. The number of ether oxygens (including phenoxy) is 1. The second-order valence-electron chi connectivity index (χ2n) is 8.65. The van der Waals surface area contributed by atoms with E-state index in [2.05, 4.69) is 26.7 Å². The minimum Gasteiger partial charge on any atom is -0.380 e. The van der Waals surface area contributed by atoms with Crippen LogP contribution in [0, 0.1) is 17.3 Å². The molecule has 34 heavy (non-hydrogen) atoms. The maximum atomic E-state index is 14.1. The van der Waals surface area contributed by atoms with Crippen molar-refractivity contribution in [3.63, 3.8) is 0 Å². The number of nitrogens with zero attached hydrogens (tertiary/aromatic N) is 5. The zero-order chi connectivity index (χ0) is 23.5. The highest BCUT2D eigenvalue weighted by Crippen LogP contribution is 2.39. The third kappa shape index (κ3) is 4.56. The van der Waals surface area contributed by atoms with Crippen LogP contribution in [0.1, 0.15) is 49.1 Å². The number of thioether (sulfide) groups is 1. The predicted molar refractivity (Wildman–Crippen MR) is 129 cm³/mol. The lowest BCUT2D eigenvalue weighted by molar-refractivity contribution is 0.0650. The summed E-state index contributed by atoms with van der Waals surface area (Å²) in [6, 6.07) is 9.14. The molecule has 3 atom stereocenters. The average Bonchev–Trinajstić information content (AvgIpc) is 3.51. The average molecular weight is 482 g/mol. The van der Waals surface area contributed by atoms with Crippen molar-refractivity contribution in [3.05, 3.63) is 53.6 Å². The van der Waals surface area contributed by atoms with Gasteiger partial charge in [0.2, 0.25) is 0 Å². The number of fused-ring (bicyclic) bond motifs is 1. The van der Waals surface area contributed by atoms with E-state index < -0.39 is 6.17 Å². The van der Waals surface area contributed by atoms with Crippen LogP contribution in [0.3, 0.4) is 0 Å². The summed E-state index contributed by atoms with van der Waals surface area (Å²) in [5.74, 6) is 0.588. The molecule has 1 unspecified atom stereocenters. The van der Waals surface area contributed by atoms with Crippen molar-refractivity contribution in [1.29, 1.82) is 5.26 Å². The van der Waals surface area contributed by atoms with Gasteiger partial charge in [0.1, 0.15) is 23.5 Å².